The molecular formula is C28H21Cl2FN2O3. The van der Waals surface area contributed by atoms with E-state index in [1.54, 1.807) is 42.6 Å². The highest BCUT2D eigenvalue weighted by molar-refractivity contribution is 6.33. The van der Waals surface area contributed by atoms with E-state index in [1.165, 1.54) is 12.1 Å². The van der Waals surface area contributed by atoms with Gasteiger partial charge in [0.25, 0.3) is 0 Å². The molecule has 0 aliphatic rings. The number of carboxylic acids is 1. The standard InChI is InChI=1S/C28H21Cl2FN2O3/c1-16-12-20(10-11-32-16)27(33-36)15-24(22-9-7-21(29)14-26(22)31)18-4-2-17(3-5-18)19-6-8-23(28(34)35)25(30)13-19/h2-14,24,36H,15H2,1H3,(H,34,35). The number of nitrogens with zero attached hydrogens (tertiary/aromatic N) is 2. The third kappa shape index (κ3) is 5.56. The Morgan fingerprint density at radius 1 is 1.00 bits per heavy atom. The summed E-state index contributed by atoms with van der Waals surface area (Å²) in [6.45, 7) is 1.84. The van der Waals surface area contributed by atoms with Crippen molar-refractivity contribution < 1.29 is 19.5 Å². The maximum atomic E-state index is 15.0. The lowest BCUT2D eigenvalue weighted by Gasteiger charge is -2.20. The molecule has 4 rings (SSSR count). The van der Waals surface area contributed by atoms with Gasteiger partial charge in [0.15, 0.2) is 0 Å². The fraction of sp³-hybridized carbons (Fsp3) is 0.107. The highest BCUT2D eigenvalue weighted by atomic mass is 35.5. The smallest absolute Gasteiger partial charge is 0.337 e. The molecule has 1 unspecified atom stereocenters. The van der Waals surface area contributed by atoms with Gasteiger partial charge in [-0.3, -0.25) is 4.98 Å². The molecule has 1 atom stereocenters. The Hall–Kier alpha value is -3.74. The highest BCUT2D eigenvalue weighted by Crippen LogP contribution is 2.34. The second-order valence-electron chi connectivity index (χ2n) is 8.28. The van der Waals surface area contributed by atoms with Gasteiger partial charge in [-0.15, -0.1) is 0 Å². The zero-order valence-corrected chi connectivity index (χ0v) is 20.6. The van der Waals surface area contributed by atoms with Crippen molar-refractivity contribution >= 4 is 34.9 Å². The van der Waals surface area contributed by atoms with Crippen LogP contribution in [0.1, 0.15) is 45.1 Å². The van der Waals surface area contributed by atoms with Crippen molar-refractivity contribution in [2.24, 2.45) is 5.16 Å². The second-order valence-corrected chi connectivity index (χ2v) is 9.12. The summed E-state index contributed by atoms with van der Waals surface area (Å²) in [5.74, 6) is -2.04. The predicted molar refractivity (Wildman–Crippen MR) is 139 cm³/mol. The quantitative estimate of drug-likeness (QED) is 0.148. The molecule has 36 heavy (non-hydrogen) atoms. The zero-order valence-electron chi connectivity index (χ0n) is 19.1. The number of hydrogen-bond donors (Lipinski definition) is 2. The molecule has 0 aliphatic heterocycles. The van der Waals surface area contributed by atoms with Gasteiger partial charge in [-0.2, -0.15) is 0 Å². The summed E-state index contributed by atoms with van der Waals surface area (Å²) in [4.78, 5) is 15.4. The Kier molecular flexibility index (Phi) is 7.67. The van der Waals surface area contributed by atoms with Crippen LogP contribution in [0.4, 0.5) is 4.39 Å². The van der Waals surface area contributed by atoms with Crippen LogP contribution in [0.5, 0.6) is 0 Å². The molecule has 0 saturated heterocycles. The van der Waals surface area contributed by atoms with Crippen LogP contribution in [0.15, 0.2) is 84.1 Å². The molecule has 0 radical (unpaired) electrons. The Morgan fingerprint density at radius 3 is 2.33 bits per heavy atom. The van der Waals surface area contributed by atoms with Gasteiger partial charge in [0.05, 0.1) is 16.3 Å². The minimum Gasteiger partial charge on any atom is -0.478 e. The van der Waals surface area contributed by atoms with E-state index in [4.69, 9.17) is 23.2 Å². The monoisotopic (exact) mass is 522 g/mol. The van der Waals surface area contributed by atoms with Crippen molar-refractivity contribution in [2.45, 2.75) is 19.3 Å². The second kappa shape index (κ2) is 10.9. The molecule has 4 aromatic rings. The van der Waals surface area contributed by atoms with E-state index < -0.39 is 17.7 Å². The van der Waals surface area contributed by atoms with Gasteiger partial charge in [-0.1, -0.05) is 64.8 Å². The number of aromatic nitrogens is 1. The molecule has 0 amide bonds. The minimum absolute atomic E-state index is 0.0254. The summed E-state index contributed by atoms with van der Waals surface area (Å²) in [6.07, 6.45) is 1.85. The maximum Gasteiger partial charge on any atom is 0.337 e. The van der Waals surface area contributed by atoms with Crippen LogP contribution in [0.25, 0.3) is 11.1 Å². The van der Waals surface area contributed by atoms with Gasteiger partial charge in [0.2, 0.25) is 0 Å². The molecule has 8 heteroatoms. The van der Waals surface area contributed by atoms with E-state index in [0.717, 1.165) is 22.4 Å². The summed E-state index contributed by atoms with van der Waals surface area (Å²) in [6, 6.07) is 20.2. The number of aryl methyl sites for hydroxylation is 1. The Balaban J connectivity index is 1.73. The van der Waals surface area contributed by atoms with Crippen molar-refractivity contribution in [1.29, 1.82) is 0 Å². The van der Waals surface area contributed by atoms with E-state index in [9.17, 15) is 15.1 Å². The van der Waals surface area contributed by atoms with Gasteiger partial charge in [0.1, 0.15) is 5.82 Å². The highest BCUT2D eigenvalue weighted by Gasteiger charge is 2.22. The first-order valence-electron chi connectivity index (χ1n) is 11.0. The number of oxime groups is 1. The van der Waals surface area contributed by atoms with E-state index in [0.29, 0.717) is 16.8 Å². The number of carboxylic acid groups (broad SMARTS) is 1. The van der Waals surface area contributed by atoms with Gasteiger partial charge in [-0.25, -0.2) is 9.18 Å². The van der Waals surface area contributed by atoms with Crippen LogP contribution >= 0.6 is 23.2 Å². The van der Waals surface area contributed by atoms with Crippen LogP contribution in [-0.4, -0.2) is 27.0 Å². The van der Waals surface area contributed by atoms with E-state index in [1.807, 2.05) is 31.2 Å². The molecule has 182 valence electrons. The van der Waals surface area contributed by atoms with Gasteiger partial charge >= 0.3 is 5.97 Å². The van der Waals surface area contributed by atoms with Crippen molar-refractivity contribution in [1.82, 2.24) is 4.98 Å². The van der Waals surface area contributed by atoms with Crippen LogP contribution in [-0.2, 0) is 0 Å². The van der Waals surface area contributed by atoms with Crippen LogP contribution in [0.2, 0.25) is 10.0 Å². The first kappa shape index (κ1) is 25.4. The molecule has 0 fully saturated rings. The summed E-state index contributed by atoms with van der Waals surface area (Å²) >= 11 is 12.1. The zero-order chi connectivity index (χ0) is 25.8. The topological polar surface area (TPSA) is 82.8 Å². The van der Waals surface area contributed by atoms with Crippen LogP contribution in [0.3, 0.4) is 0 Å². The molecule has 1 aromatic heterocycles. The molecule has 0 spiro atoms. The van der Waals surface area contributed by atoms with E-state index in [2.05, 4.69) is 10.1 Å². The lowest BCUT2D eigenvalue weighted by Crippen LogP contribution is -2.12. The maximum absolute atomic E-state index is 15.0. The average Bonchev–Trinajstić information content (AvgIpc) is 2.85. The van der Waals surface area contributed by atoms with Gasteiger partial charge in [0, 0.05) is 34.8 Å². The van der Waals surface area contributed by atoms with E-state index >= 15 is 4.39 Å². The first-order valence-corrected chi connectivity index (χ1v) is 11.7. The van der Waals surface area contributed by atoms with Crippen LogP contribution < -0.4 is 0 Å². The molecule has 5 nitrogen and oxygen atoms in total. The number of benzene rings is 3. The van der Waals surface area contributed by atoms with Crippen LogP contribution in [0, 0.1) is 12.7 Å². The summed E-state index contributed by atoms with van der Waals surface area (Å²) in [7, 11) is 0. The molecule has 3 aromatic carbocycles. The number of pyridine rings is 1. The fourth-order valence-corrected chi connectivity index (χ4v) is 4.52. The molecule has 2 N–H and O–H groups in total. The Bertz CT molecular complexity index is 1460. The molecule has 1 heterocycles. The van der Waals surface area contributed by atoms with Crippen molar-refractivity contribution in [3.05, 3.63) is 123 Å². The van der Waals surface area contributed by atoms with E-state index in [-0.39, 0.29) is 22.0 Å². The SMILES string of the molecule is Cc1cc(C(CC(c2ccc(-c3ccc(C(=O)O)c(Cl)c3)cc2)c2ccc(Cl)cc2F)=NO)ccn1. The van der Waals surface area contributed by atoms with Crippen molar-refractivity contribution in [3.8, 4) is 11.1 Å². The lowest BCUT2D eigenvalue weighted by molar-refractivity contribution is 0.0697. The first-order chi connectivity index (χ1) is 17.3. The Morgan fingerprint density at radius 2 is 1.72 bits per heavy atom. The largest absolute Gasteiger partial charge is 0.478 e. The fourth-order valence-electron chi connectivity index (χ4n) is 4.10. The number of hydrogen-bond acceptors (Lipinski definition) is 4. The summed E-state index contributed by atoms with van der Waals surface area (Å²) < 4.78 is 15.0. The summed E-state index contributed by atoms with van der Waals surface area (Å²) in [5, 5.41) is 23.0. The molecule has 0 saturated carbocycles. The lowest BCUT2D eigenvalue weighted by atomic mass is 9.84. The van der Waals surface area contributed by atoms with Crippen molar-refractivity contribution in [2.75, 3.05) is 0 Å². The molecular weight excluding hydrogens is 502 g/mol. The number of carbonyl (C=O) groups is 1. The van der Waals surface area contributed by atoms with Gasteiger partial charge < -0.3 is 10.3 Å². The van der Waals surface area contributed by atoms with Gasteiger partial charge in [-0.05, 0) is 65.6 Å². The molecule has 0 bridgehead atoms. The predicted octanol–water partition coefficient (Wildman–Crippen LogP) is 7.60. The number of aromatic carboxylic acids is 1. The van der Waals surface area contributed by atoms with Crippen molar-refractivity contribution in [3.63, 3.8) is 0 Å². The average molecular weight is 523 g/mol. The number of rotatable bonds is 7. The third-order valence-electron chi connectivity index (χ3n) is 5.93. The molecule has 0 aliphatic carbocycles. The Labute approximate surface area is 217 Å². The third-order valence-corrected chi connectivity index (χ3v) is 6.48. The minimum atomic E-state index is -1.10. The normalized spacial score (nSPS) is 12.4. The summed E-state index contributed by atoms with van der Waals surface area (Å²) in [5.41, 5.74) is 4.63. The number of halogens is 3.